The zero-order chi connectivity index (χ0) is 20.5. The molecule has 0 atom stereocenters. The molecule has 2 aromatic carbocycles. The molecular formula is C19H21BrClN3O2S2. The summed E-state index contributed by atoms with van der Waals surface area (Å²) in [5.41, 5.74) is 3.31. The number of hydrogen-bond acceptors (Lipinski definition) is 3. The van der Waals surface area contributed by atoms with Crippen molar-refractivity contribution in [2.75, 3.05) is 31.5 Å². The first-order valence-corrected chi connectivity index (χ1v) is 11.8. The highest BCUT2D eigenvalue weighted by Crippen LogP contribution is 2.28. The standard InChI is InChI=1S/C19H21BrClN3O2S2/c1-13-4-3-5-17(14(13)2)22-19(27)23-8-10-24(11-9-23)28(25,26)18-7-6-15(20)12-16(18)21/h3-7,12H,8-11H2,1-2H3,(H,22,27). The van der Waals surface area contributed by atoms with Gasteiger partial charge in [-0.05, 0) is 61.5 Å². The number of benzene rings is 2. The molecule has 0 unspecified atom stereocenters. The molecule has 0 spiro atoms. The summed E-state index contributed by atoms with van der Waals surface area (Å²) in [5, 5.41) is 4.10. The van der Waals surface area contributed by atoms with Crippen molar-refractivity contribution in [3.05, 3.63) is 57.0 Å². The van der Waals surface area contributed by atoms with Gasteiger partial charge in [-0.15, -0.1) is 0 Å². The van der Waals surface area contributed by atoms with Gasteiger partial charge in [-0.25, -0.2) is 8.42 Å². The van der Waals surface area contributed by atoms with Crippen LogP contribution in [-0.4, -0.2) is 48.9 Å². The number of anilines is 1. The van der Waals surface area contributed by atoms with Crippen molar-refractivity contribution in [1.82, 2.24) is 9.21 Å². The van der Waals surface area contributed by atoms with Crippen LogP contribution in [0.5, 0.6) is 0 Å². The Hall–Kier alpha value is -1.19. The second-order valence-electron chi connectivity index (χ2n) is 6.64. The lowest BCUT2D eigenvalue weighted by atomic mass is 10.1. The summed E-state index contributed by atoms with van der Waals surface area (Å²) in [7, 11) is -3.64. The fourth-order valence-electron chi connectivity index (χ4n) is 3.04. The van der Waals surface area contributed by atoms with E-state index in [0.29, 0.717) is 31.3 Å². The summed E-state index contributed by atoms with van der Waals surface area (Å²) < 4.78 is 28.1. The SMILES string of the molecule is Cc1cccc(NC(=S)N2CCN(S(=O)(=O)c3ccc(Br)cc3Cl)CC2)c1C. The number of aryl methyl sites for hydroxylation is 1. The number of piperazine rings is 1. The first-order valence-electron chi connectivity index (χ1n) is 8.77. The summed E-state index contributed by atoms with van der Waals surface area (Å²) in [6, 6.07) is 10.8. The molecule has 1 aliphatic heterocycles. The molecule has 1 saturated heterocycles. The highest BCUT2D eigenvalue weighted by Gasteiger charge is 2.30. The van der Waals surface area contributed by atoms with Gasteiger partial charge in [0.05, 0.1) is 5.02 Å². The van der Waals surface area contributed by atoms with E-state index < -0.39 is 10.0 Å². The van der Waals surface area contributed by atoms with Crippen LogP contribution in [0.25, 0.3) is 0 Å². The van der Waals surface area contributed by atoms with Gasteiger partial charge in [0.25, 0.3) is 0 Å². The van der Waals surface area contributed by atoms with Crippen molar-refractivity contribution in [2.45, 2.75) is 18.7 Å². The van der Waals surface area contributed by atoms with E-state index in [1.807, 2.05) is 24.0 Å². The van der Waals surface area contributed by atoms with E-state index in [4.69, 9.17) is 23.8 Å². The first-order chi connectivity index (χ1) is 13.2. The maximum atomic E-state index is 12.9. The van der Waals surface area contributed by atoms with Crippen molar-refractivity contribution in [3.63, 3.8) is 0 Å². The maximum Gasteiger partial charge on any atom is 0.244 e. The number of nitrogens with zero attached hydrogens (tertiary/aromatic N) is 2. The minimum Gasteiger partial charge on any atom is -0.346 e. The summed E-state index contributed by atoms with van der Waals surface area (Å²) in [5.74, 6) is 0. The van der Waals surface area contributed by atoms with Gasteiger partial charge in [-0.1, -0.05) is 39.7 Å². The van der Waals surface area contributed by atoms with Crippen LogP contribution in [0.4, 0.5) is 5.69 Å². The van der Waals surface area contributed by atoms with Crippen LogP contribution in [0, 0.1) is 13.8 Å². The molecule has 0 aliphatic carbocycles. The fourth-order valence-corrected chi connectivity index (χ4v) is 5.76. The Morgan fingerprint density at radius 1 is 1.14 bits per heavy atom. The molecule has 1 heterocycles. The molecule has 5 nitrogen and oxygen atoms in total. The molecule has 9 heteroatoms. The van der Waals surface area contributed by atoms with Gasteiger partial charge in [0.1, 0.15) is 4.90 Å². The molecule has 2 aromatic rings. The largest absolute Gasteiger partial charge is 0.346 e. The molecule has 0 radical (unpaired) electrons. The lowest BCUT2D eigenvalue weighted by molar-refractivity contribution is 0.268. The molecular weight excluding hydrogens is 482 g/mol. The number of rotatable bonds is 3. The van der Waals surface area contributed by atoms with E-state index in [1.165, 1.54) is 15.9 Å². The molecule has 1 fully saturated rings. The zero-order valence-corrected chi connectivity index (χ0v) is 19.6. The highest BCUT2D eigenvalue weighted by atomic mass is 79.9. The minimum atomic E-state index is -3.64. The van der Waals surface area contributed by atoms with Crippen LogP contribution >= 0.6 is 39.7 Å². The summed E-state index contributed by atoms with van der Waals surface area (Å²) in [6.07, 6.45) is 0. The van der Waals surface area contributed by atoms with Gasteiger partial charge < -0.3 is 10.2 Å². The van der Waals surface area contributed by atoms with Crippen LogP contribution in [0.2, 0.25) is 5.02 Å². The lowest BCUT2D eigenvalue weighted by Gasteiger charge is -2.35. The lowest BCUT2D eigenvalue weighted by Crippen LogP contribution is -2.51. The Balaban J connectivity index is 1.67. The molecule has 0 amide bonds. The third-order valence-corrected chi connectivity index (χ3v) is 8.12. The average molecular weight is 503 g/mol. The Kier molecular flexibility index (Phi) is 6.66. The topological polar surface area (TPSA) is 52.6 Å². The molecule has 0 aromatic heterocycles. The highest BCUT2D eigenvalue weighted by molar-refractivity contribution is 9.10. The van der Waals surface area contributed by atoms with Gasteiger partial charge in [0.15, 0.2) is 5.11 Å². The molecule has 28 heavy (non-hydrogen) atoms. The number of nitrogens with one attached hydrogen (secondary N) is 1. The summed E-state index contributed by atoms with van der Waals surface area (Å²) in [4.78, 5) is 2.12. The predicted molar refractivity (Wildman–Crippen MR) is 122 cm³/mol. The van der Waals surface area contributed by atoms with E-state index in [2.05, 4.69) is 34.2 Å². The molecule has 0 bridgehead atoms. The number of halogens is 2. The Morgan fingerprint density at radius 2 is 1.82 bits per heavy atom. The van der Waals surface area contributed by atoms with Gasteiger partial charge >= 0.3 is 0 Å². The van der Waals surface area contributed by atoms with E-state index >= 15 is 0 Å². The molecule has 150 valence electrons. The van der Waals surface area contributed by atoms with Crippen LogP contribution in [0.3, 0.4) is 0 Å². The predicted octanol–water partition coefficient (Wildman–Crippen LogP) is 4.42. The Labute approximate surface area is 184 Å². The van der Waals surface area contributed by atoms with Crippen LogP contribution in [-0.2, 0) is 10.0 Å². The smallest absolute Gasteiger partial charge is 0.244 e. The molecule has 1 aliphatic rings. The number of sulfonamides is 1. The Bertz CT molecular complexity index is 1010. The van der Waals surface area contributed by atoms with Crippen molar-refractivity contribution in [3.8, 4) is 0 Å². The normalized spacial score (nSPS) is 15.5. The number of thiocarbonyl (C=S) groups is 1. The number of hydrogen-bond donors (Lipinski definition) is 1. The fraction of sp³-hybridized carbons (Fsp3) is 0.316. The van der Waals surface area contributed by atoms with Crippen molar-refractivity contribution in [2.24, 2.45) is 0 Å². The maximum absolute atomic E-state index is 12.9. The second-order valence-corrected chi connectivity index (χ2v) is 10.3. The third-order valence-electron chi connectivity index (χ3n) is 4.88. The third kappa shape index (κ3) is 4.52. The molecule has 0 saturated carbocycles. The van der Waals surface area contributed by atoms with Gasteiger partial charge in [0, 0.05) is 36.3 Å². The Morgan fingerprint density at radius 3 is 2.46 bits per heavy atom. The van der Waals surface area contributed by atoms with Crippen LogP contribution < -0.4 is 5.32 Å². The van der Waals surface area contributed by atoms with E-state index in [0.717, 1.165) is 15.7 Å². The van der Waals surface area contributed by atoms with Crippen LogP contribution in [0.1, 0.15) is 11.1 Å². The van der Waals surface area contributed by atoms with E-state index in [9.17, 15) is 8.42 Å². The van der Waals surface area contributed by atoms with Gasteiger partial charge in [0.2, 0.25) is 10.0 Å². The molecule has 3 rings (SSSR count). The average Bonchev–Trinajstić information content (AvgIpc) is 2.65. The van der Waals surface area contributed by atoms with Crippen molar-refractivity contribution >= 4 is 60.6 Å². The zero-order valence-electron chi connectivity index (χ0n) is 15.6. The monoisotopic (exact) mass is 501 g/mol. The summed E-state index contributed by atoms with van der Waals surface area (Å²) in [6.45, 7) is 5.84. The van der Waals surface area contributed by atoms with Gasteiger partial charge in [-0.2, -0.15) is 4.31 Å². The minimum absolute atomic E-state index is 0.127. The van der Waals surface area contributed by atoms with Gasteiger partial charge in [-0.3, -0.25) is 0 Å². The van der Waals surface area contributed by atoms with E-state index in [1.54, 1.807) is 12.1 Å². The molecule has 1 N–H and O–H groups in total. The summed E-state index contributed by atoms with van der Waals surface area (Å²) >= 11 is 15.0. The quantitative estimate of drug-likeness (QED) is 0.630. The van der Waals surface area contributed by atoms with Crippen LogP contribution in [0.15, 0.2) is 45.8 Å². The van der Waals surface area contributed by atoms with E-state index in [-0.39, 0.29) is 9.92 Å². The first kappa shape index (κ1) is 21.5. The van der Waals surface area contributed by atoms with Crippen molar-refractivity contribution in [1.29, 1.82) is 0 Å². The second kappa shape index (κ2) is 8.67. The van der Waals surface area contributed by atoms with Crippen molar-refractivity contribution < 1.29 is 8.42 Å².